The number of fused-ring (bicyclic) bond motifs is 1. The van der Waals surface area contributed by atoms with Crippen LogP contribution in [0.3, 0.4) is 0 Å². The molecule has 0 aliphatic rings. The topological polar surface area (TPSA) is 83.3 Å². The molecule has 0 saturated heterocycles. The third-order valence-electron chi connectivity index (χ3n) is 2.36. The number of oxazole rings is 1. The largest absolute Gasteiger partial charge is 0.419 e. The summed E-state index contributed by atoms with van der Waals surface area (Å²) in [6, 6.07) is 5.13. The van der Waals surface area contributed by atoms with Crippen LogP contribution >= 0.6 is 11.8 Å². The highest BCUT2D eigenvalue weighted by atomic mass is 32.2. The van der Waals surface area contributed by atoms with Crippen LogP contribution < -0.4 is 11.1 Å². The summed E-state index contributed by atoms with van der Waals surface area (Å²) in [6.45, 7) is 0. The second kappa shape index (κ2) is 4.98. The van der Waals surface area contributed by atoms with E-state index in [0.29, 0.717) is 22.0 Å². The van der Waals surface area contributed by atoms with Crippen LogP contribution in [0.1, 0.15) is 0 Å². The van der Waals surface area contributed by atoms with E-state index in [4.69, 9.17) is 9.68 Å². The van der Waals surface area contributed by atoms with Crippen molar-refractivity contribution in [3.63, 3.8) is 0 Å². The van der Waals surface area contributed by atoms with Crippen molar-refractivity contribution in [2.45, 2.75) is 0 Å². The van der Waals surface area contributed by atoms with Gasteiger partial charge in [-0.25, -0.2) is 9.79 Å². The lowest BCUT2D eigenvalue weighted by Crippen LogP contribution is -2.12. The second-order valence-corrected chi connectivity index (χ2v) is 4.23. The summed E-state index contributed by atoms with van der Waals surface area (Å²) in [7, 11) is 1.63. The predicted molar refractivity (Wildman–Crippen MR) is 70.8 cm³/mol. The molecule has 1 aromatic carbocycles. The molecular formula is C11H10N4O2S. The number of amidine groups is 1. The van der Waals surface area contributed by atoms with Crippen LogP contribution in [-0.2, 0) is 7.05 Å². The first-order valence-electron chi connectivity index (χ1n) is 5.03. The Labute approximate surface area is 107 Å². The van der Waals surface area contributed by atoms with Crippen molar-refractivity contribution in [2.75, 3.05) is 6.26 Å². The number of nitrogens with zero attached hydrogens (tertiary/aromatic N) is 3. The SMILES string of the molecule is CSC(=Nc1ccc2oc(=O)n(C)c2c1)NC#N. The van der Waals surface area contributed by atoms with Gasteiger partial charge in [-0.3, -0.25) is 9.88 Å². The van der Waals surface area contributed by atoms with E-state index in [1.807, 2.05) is 12.4 Å². The quantitative estimate of drug-likeness (QED) is 0.365. The highest BCUT2D eigenvalue weighted by molar-refractivity contribution is 8.13. The van der Waals surface area contributed by atoms with Crippen LogP contribution in [-0.4, -0.2) is 16.0 Å². The van der Waals surface area contributed by atoms with Gasteiger partial charge in [0.05, 0.1) is 11.2 Å². The van der Waals surface area contributed by atoms with Crippen molar-refractivity contribution >= 4 is 33.7 Å². The number of hydrogen-bond acceptors (Lipinski definition) is 5. The van der Waals surface area contributed by atoms with Gasteiger partial charge in [0.1, 0.15) is 0 Å². The number of aromatic nitrogens is 1. The Kier molecular flexibility index (Phi) is 3.39. The monoisotopic (exact) mass is 262 g/mol. The summed E-state index contributed by atoms with van der Waals surface area (Å²) in [5, 5.41) is 11.5. The van der Waals surface area contributed by atoms with E-state index in [2.05, 4.69) is 10.3 Å². The fourth-order valence-corrected chi connectivity index (χ4v) is 1.82. The van der Waals surface area contributed by atoms with Crippen LogP contribution in [0.4, 0.5) is 5.69 Å². The van der Waals surface area contributed by atoms with E-state index >= 15 is 0 Å². The highest BCUT2D eigenvalue weighted by Crippen LogP contribution is 2.20. The average Bonchev–Trinajstić information content (AvgIpc) is 2.65. The Morgan fingerprint density at radius 3 is 3.06 bits per heavy atom. The average molecular weight is 262 g/mol. The van der Waals surface area contributed by atoms with Crippen LogP contribution in [0.25, 0.3) is 11.1 Å². The fraction of sp³-hybridized carbons (Fsp3) is 0.182. The number of hydrogen-bond donors (Lipinski definition) is 1. The molecular weight excluding hydrogens is 252 g/mol. The van der Waals surface area contributed by atoms with Crippen molar-refractivity contribution in [3.05, 3.63) is 28.7 Å². The number of aryl methyl sites for hydroxylation is 1. The molecule has 0 amide bonds. The minimum absolute atomic E-state index is 0.411. The first-order valence-corrected chi connectivity index (χ1v) is 6.25. The highest BCUT2D eigenvalue weighted by Gasteiger charge is 2.06. The van der Waals surface area contributed by atoms with Crippen LogP contribution in [0.2, 0.25) is 0 Å². The van der Waals surface area contributed by atoms with Gasteiger partial charge in [0.2, 0.25) is 0 Å². The van der Waals surface area contributed by atoms with E-state index in [1.165, 1.54) is 16.3 Å². The maximum absolute atomic E-state index is 11.3. The molecule has 18 heavy (non-hydrogen) atoms. The molecule has 0 bridgehead atoms. The van der Waals surface area contributed by atoms with Gasteiger partial charge in [0.25, 0.3) is 0 Å². The van der Waals surface area contributed by atoms with Gasteiger partial charge in [0.15, 0.2) is 16.9 Å². The molecule has 2 rings (SSSR count). The zero-order chi connectivity index (χ0) is 13.1. The number of nitriles is 1. The molecule has 0 aliphatic carbocycles. The van der Waals surface area contributed by atoms with Crippen molar-refractivity contribution in [1.82, 2.24) is 9.88 Å². The number of thioether (sulfide) groups is 1. The maximum atomic E-state index is 11.3. The van der Waals surface area contributed by atoms with Crippen molar-refractivity contribution in [2.24, 2.45) is 12.0 Å². The minimum Gasteiger partial charge on any atom is -0.408 e. The van der Waals surface area contributed by atoms with E-state index in [9.17, 15) is 4.79 Å². The van der Waals surface area contributed by atoms with Gasteiger partial charge in [-0.1, -0.05) is 11.8 Å². The number of nitrogens with one attached hydrogen (secondary N) is 1. The molecule has 0 radical (unpaired) electrons. The Morgan fingerprint density at radius 1 is 1.61 bits per heavy atom. The van der Waals surface area contributed by atoms with Gasteiger partial charge in [0, 0.05) is 7.05 Å². The Balaban J connectivity index is 2.50. The van der Waals surface area contributed by atoms with Crippen molar-refractivity contribution in [3.8, 4) is 6.19 Å². The van der Waals surface area contributed by atoms with Gasteiger partial charge < -0.3 is 4.42 Å². The fourth-order valence-electron chi connectivity index (χ4n) is 1.47. The summed E-state index contributed by atoms with van der Waals surface area (Å²) in [5.74, 6) is -0.411. The molecule has 7 heteroatoms. The lowest BCUT2D eigenvalue weighted by Gasteiger charge is -2.00. The molecule has 0 fully saturated rings. The standard InChI is InChI=1S/C11H10N4O2S/c1-15-8-5-7(14-10(18-2)13-6-12)3-4-9(8)17-11(15)16/h3-5H,1-2H3,(H,13,14). The first-order chi connectivity index (χ1) is 8.65. The maximum Gasteiger partial charge on any atom is 0.419 e. The molecule has 0 atom stereocenters. The molecule has 0 saturated carbocycles. The summed E-state index contributed by atoms with van der Waals surface area (Å²) in [5.41, 5.74) is 1.82. The van der Waals surface area contributed by atoms with Gasteiger partial charge in [-0.05, 0) is 24.5 Å². The zero-order valence-electron chi connectivity index (χ0n) is 9.80. The molecule has 0 unspecified atom stereocenters. The molecule has 2 aromatic rings. The zero-order valence-corrected chi connectivity index (χ0v) is 10.6. The Bertz CT molecular complexity index is 708. The van der Waals surface area contributed by atoms with Gasteiger partial charge >= 0.3 is 5.76 Å². The minimum atomic E-state index is -0.411. The second-order valence-electron chi connectivity index (χ2n) is 3.44. The summed E-state index contributed by atoms with van der Waals surface area (Å²) in [6.07, 6.45) is 3.63. The number of aliphatic imine (C=N–C) groups is 1. The smallest absolute Gasteiger partial charge is 0.408 e. The van der Waals surface area contributed by atoms with Crippen LogP contribution in [0.5, 0.6) is 0 Å². The molecule has 0 aliphatic heterocycles. The lowest BCUT2D eigenvalue weighted by molar-refractivity contribution is 0.528. The summed E-state index contributed by atoms with van der Waals surface area (Å²) < 4.78 is 6.43. The predicted octanol–water partition coefficient (Wildman–Crippen LogP) is 1.55. The van der Waals surface area contributed by atoms with Gasteiger partial charge in [-0.2, -0.15) is 5.26 Å². The Morgan fingerprint density at radius 2 is 2.39 bits per heavy atom. The third-order valence-corrected chi connectivity index (χ3v) is 2.94. The number of rotatable bonds is 1. The van der Waals surface area contributed by atoms with E-state index in [1.54, 1.807) is 25.2 Å². The van der Waals surface area contributed by atoms with Crippen LogP contribution in [0.15, 0.2) is 32.4 Å². The van der Waals surface area contributed by atoms with Gasteiger partial charge in [-0.15, -0.1) is 0 Å². The van der Waals surface area contributed by atoms with E-state index in [-0.39, 0.29) is 0 Å². The van der Waals surface area contributed by atoms with E-state index in [0.717, 1.165) is 0 Å². The number of benzene rings is 1. The summed E-state index contributed by atoms with van der Waals surface area (Å²) >= 11 is 1.33. The summed E-state index contributed by atoms with van der Waals surface area (Å²) in [4.78, 5) is 15.6. The lowest BCUT2D eigenvalue weighted by atomic mass is 10.3. The molecule has 0 spiro atoms. The normalized spacial score (nSPS) is 11.5. The molecule has 1 heterocycles. The van der Waals surface area contributed by atoms with Crippen LogP contribution in [0, 0.1) is 11.5 Å². The van der Waals surface area contributed by atoms with Crippen molar-refractivity contribution in [1.29, 1.82) is 5.26 Å². The Hall–Kier alpha value is -2.20. The van der Waals surface area contributed by atoms with Crippen molar-refractivity contribution < 1.29 is 4.42 Å². The molecule has 92 valence electrons. The molecule has 6 nitrogen and oxygen atoms in total. The first kappa shape index (κ1) is 12.3. The van der Waals surface area contributed by atoms with E-state index < -0.39 is 5.76 Å². The molecule has 1 N–H and O–H groups in total. The third kappa shape index (κ3) is 2.24. The molecule has 1 aromatic heterocycles.